The van der Waals surface area contributed by atoms with Crippen molar-refractivity contribution in [2.45, 2.75) is 70.2 Å². The zero-order chi connectivity index (χ0) is 21.8. The van der Waals surface area contributed by atoms with E-state index in [4.69, 9.17) is 4.74 Å². The van der Waals surface area contributed by atoms with Crippen LogP contribution in [-0.2, 0) is 11.2 Å². The summed E-state index contributed by atoms with van der Waals surface area (Å²) in [7, 11) is 0. The first-order chi connectivity index (χ1) is 14.9. The molecule has 0 saturated carbocycles. The maximum absolute atomic E-state index is 13.0. The third kappa shape index (κ3) is 5.99. The molecular weight excluding hydrogens is 388 g/mol. The van der Waals surface area contributed by atoms with Crippen LogP contribution in [0.15, 0.2) is 30.3 Å². The summed E-state index contributed by atoms with van der Waals surface area (Å²) in [4.78, 5) is 20.3. The van der Waals surface area contributed by atoms with Crippen molar-refractivity contribution < 1.29 is 9.53 Å². The largest absolute Gasteiger partial charge is 0.444 e. The molecule has 3 aliphatic rings. The number of benzene rings is 1. The van der Waals surface area contributed by atoms with Gasteiger partial charge in [-0.2, -0.15) is 0 Å². The molecule has 1 aromatic carbocycles. The van der Waals surface area contributed by atoms with E-state index in [1.165, 1.54) is 25.1 Å². The molecule has 4 rings (SSSR count). The number of rotatable bonds is 4. The first-order valence-electron chi connectivity index (χ1n) is 12.1. The number of likely N-dealkylation sites (tertiary alicyclic amines) is 1. The van der Waals surface area contributed by atoms with Crippen LogP contribution in [0.4, 0.5) is 4.79 Å². The minimum atomic E-state index is -0.462. The summed E-state index contributed by atoms with van der Waals surface area (Å²) in [6.45, 7) is 13.6. The molecule has 0 aromatic heterocycles. The van der Waals surface area contributed by atoms with E-state index in [1.54, 1.807) is 0 Å². The summed E-state index contributed by atoms with van der Waals surface area (Å²) < 4.78 is 5.76. The average Bonchev–Trinajstić information content (AvgIpc) is 3.28. The van der Waals surface area contributed by atoms with Gasteiger partial charge >= 0.3 is 6.09 Å². The zero-order valence-corrected chi connectivity index (χ0v) is 19.6. The molecule has 0 bridgehead atoms. The van der Waals surface area contributed by atoms with E-state index in [0.29, 0.717) is 6.04 Å². The quantitative estimate of drug-likeness (QED) is 0.799. The molecule has 0 spiro atoms. The molecule has 6 nitrogen and oxygen atoms in total. The van der Waals surface area contributed by atoms with Crippen molar-refractivity contribution >= 4 is 6.09 Å². The normalized spacial score (nSPS) is 28.6. The lowest BCUT2D eigenvalue weighted by Gasteiger charge is -2.46. The molecule has 31 heavy (non-hydrogen) atoms. The Morgan fingerprint density at radius 2 is 1.68 bits per heavy atom. The van der Waals surface area contributed by atoms with E-state index >= 15 is 0 Å². The lowest BCUT2D eigenvalue weighted by atomic mass is 9.91. The van der Waals surface area contributed by atoms with Crippen LogP contribution < -0.4 is 5.32 Å². The second kappa shape index (κ2) is 9.88. The van der Waals surface area contributed by atoms with Crippen LogP contribution in [0, 0.1) is 0 Å². The Kier molecular flexibility index (Phi) is 7.19. The molecule has 3 unspecified atom stereocenters. The summed E-state index contributed by atoms with van der Waals surface area (Å²) >= 11 is 0. The minimum Gasteiger partial charge on any atom is -0.444 e. The van der Waals surface area contributed by atoms with Crippen LogP contribution in [0.2, 0.25) is 0 Å². The maximum Gasteiger partial charge on any atom is 0.410 e. The number of hydrogen-bond donors (Lipinski definition) is 1. The Morgan fingerprint density at radius 1 is 1.00 bits per heavy atom. The zero-order valence-electron chi connectivity index (χ0n) is 19.6. The molecule has 3 fully saturated rings. The summed E-state index contributed by atoms with van der Waals surface area (Å²) in [5.41, 5.74) is 0.830. The Morgan fingerprint density at radius 3 is 2.29 bits per heavy atom. The number of nitrogens with zero attached hydrogens (tertiary/aromatic N) is 3. The first-order valence-corrected chi connectivity index (χ1v) is 12.1. The number of amides is 1. The molecule has 1 N–H and O–H groups in total. The maximum atomic E-state index is 13.0. The van der Waals surface area contributed by atoms with Crippen molar-refractivity contribution in [3.63, 3.8) is 0 Å². The molecule has 1 amide bonds. The van der Waals surface area contributed by atoms with Gasteiger partial charge in [0.2, 0.25) is 0 Å². The molecule has 6 heteroatoms. The third-order valence-electron chi connectivity index (χ3n) is 7.05. The van der Waals surface area contributed by atoms with Crippen LogP contribution in [-0.4, -0.2) is 90.3 Å². The van der Waals surface area contributed by atoms with E-state index in [0.717, 1.165) is 58.0 Å². The van der Waals surface area contributed by atoms with Crippen molar-refractivity contribution in [3.8, 4) is 0 Å². The SMILES string of the molecule is CC(C)(C)OC(=O)N1CCC(N2CCN(C3CCNC3)CC2)CC1Cc1ccccc1. The minimum absolute atomic E-state index is 0.162. The number of piperidine rings is 1. The molecule has 172 valence electrons. The summed E-state index contributed by atoms with van der Waals surface area (Å²) in [6.07, 6.45) is 4.08. The number of hydrogen-bond acceptors (Lipinski definition) is 5. The topological polar surface area (TPSA) is 48.1 Å². The highest BCUT2D eigenvalue weighted by molar-refractivity contribution is 5.68. The van der Waals surface area contributed by atoms with Gasteiger partial charge < -0.3 is 15.0 Å². The standard InChI is InChI=1S/C25H40N4O2/c1-25(2,3)31-24(30)29-12-10-21(18-23(29)17-20-7-5-4-6-8-20)27-13-15-28(16-14-27)22-9-11-26-19-22/h4-8,21-23,26H,9-19H2,1-3H3. The van der Waals surface area contributed by atoms with Gasteiger partial charge in [0, 0.05) is 57.4 Å². The highest BCUT2D eigenvalue weighted by Gasteiger charge is 2.37. The van der Waals surface area contributed by atoms with Gasteiger partial charge in [-0.25, -0.2) is 4.79 Å². The summed E-state index contributed by atoms with van der Waals surface area (Å²) in [5.74, 6) is 0. The van der Waals surface area contributed by atoms with E-state index < -0.39 is 5.60 Å². The predicted molar refractivity (Wildman–Crippen MR) is 124 cm³/mol. The fraction of sp³-hybridized carbons (Fsp3) is 0.720. The first kappa shape index (κ1) is 22.6. The van der Waals surface area contributed by atoms with Gasteiger partial charge in [-0.1, -0.05) is 30.3 Å². The van der Waals surface area contributed by atoms with Crippen LogP contribution in [0.3, 0.4) is 0 Å². The van der Waals surface area contributed by atoms with Crippen molar-refractivity contribution in [1.29, 1.82) is 0 Å². The van der Waals surface area contributed by atoms with E-state index in [1.807, 2.05) is 25.7 Å². The number of piperazine rings is 1. The highest BCUT2D eigenvalue weighted by atomic mass is 16.6. The van der Waals surface area contributed by atoms with Crippen molar-refractivity contribution in [1.82, 2.24) is 20.0 Å². The highest BCUT2D eigenvalue weighted by Crippen LogP contribution is 2.27. The molecule has 3 atom stereocenters. The van der Waals surface area contributed by atoms with Crippen molar-refractivity contribution in [3.05, 3.63) is 35.9 Å². The van der Waals surface area contributed by atoms with Crippen LogP contribution >= 0.6 is 0 Å². The van der Waals surface area contributed by atoms with Gasteiger partial charge in [0.1, 0.15) is 5.60 Å². The number of ether oxygens (including phenoxy) is 1. The fourth-order valence-corrected chi connectivity index (χ4v) is 5.42. The van der Waals surface area contributed by atoms with Crippen LogP contribution in [0.5, 0.6) is 0 Å². The molecule has 3 heterocycles. The monoisotopic (exact) mass is 428 g/mol. The number of nitrogens with one attached hydrogen (secondary N) is 1. The Bertz CT molecular complexity index is 706. The van der Waals surface area contributed by atoms with Crippen molar-refractivity contribution in [2.75, 3.05) is 45.8 Å². The smallest absolute Gasteiger partial charge is 0.410 e. The predicted octanol–water partition coefficient (Wildman–Crippen LogP) is 2.98. The Labute approximate surface area is 187 Å². The van der Waals surface area contributed by atoms with Gasteiger partial charge in [-0.05, 0) is 58.6 Å². The van der Waals surface area contributed by atoms with Gasteiger partial charge in [0.15, 0.2) is 0 Å². The second-order valence-electron chi connectivity index (χ2n) is 10.4. The lowest BCUT2D eigenvalue weighted by Crippen LogP contribution is -2.58. The molecule has 1 aromatic rings. The fourth-order valence-electron chi connectivity index (χ4n) is 5.42. The number of carbonyl (C=O) groups is 1. The molecular formula is C25H40N4O2. The average molecular weight is 429 g/mol. The van der Waals surface area contributed by atoms with Gasteiger partial charge in [0.05, 0.1) is 0 Å². The van der Waals surface area contributed by atoms with E-state index in [2.05, 4.69) is 45.4 Å². The third-order valence-corrected chi connectivity index (χ3v) is 7.05. The van der Waals surface area contributed by atoms with Gasteiger partial charge in [-0.3, -0.25) is 9.80 Å². The molecule has 3 saturated heterocycles. The summed E-state index contributed by atoms with van der Waals surface area (Å²) in [6, 6.07) is 12.0. The van der Waals surface area contributed by atoms with Crippen LogP contribution in [0.25, 0.3) is 0 Å². The van der Waals surface area contributed by atoms with Crippen molar-refractivity contribution in [2.24, 2.45) is 0 Å². The van der Waals surface area contributed by atoms with Crippen LogP contribution in [0.1, 0.15) is 45.6 Å². The van der Waals surface area contributed by atoms with Gasteiger partial charge in [-0.15, -0.1) is 0 Å². The Hall–Kier alpha value is -1.63. The van der Waals surface area contributed by atoms with Gasteiger partial charge in [0.25, 0.3) is 0 Å². The second-order valence-corrected chi connectivity index (χ2v) is 10.4. The molecule has 3 aliphatic heterocycles. The van der Waals surface area contributed by atoms with E-state index in [9.17, 15) is 4.79 Å². The molecule has 0 aliphatic carbocycles. The lowest BCUT2D eigenvalue weighted by molar-refractivity contribution is -0.00833. The van der Waals surface area contributed by atoms with E-state index in [-0.39, 0.29) is 12.1 Å². The molecule has 0 radical (unpaired) electrons. The Balaban J connectivity index is 1.39. The number of carbonyl (C=O) groups excluding carboxylic acids is 1. The summed E-state index contributed by atoms with van der Waals surface area (Å²) in [5, 5.41) is 3.50.